The molecule has 9 heteroatoms. The van der Waals surface area contributed by atoms with E-state index >= 15 is 0 Å². The summed E-state index contributed by atoms with van der Waals surface area (Å²) in [6, 6.07) is 7.01. The van der Waals surface area contributed by atoms with Crippen molar-refractivity contribution >= 4 is 50.6 Å². The molecule has 1 saturated carbocycles. The molecule has 154 valence electrons. The number of hydrogen-bond donors (Lipinski definition) is 1. The van der Waals surface area contributed by atoms with Gasteiger partial charge < -0.3 is 5.32 Å². The van der Waals surface area contributed by atoms with E-state index in [9.17, 15) is 13.2 Å². The van der Waals surface area contributed by atoms with Crippen molar-refractivity contribution in [2.75, 3.05) is 21.9 Å². The van der Waals surface area contributed by atoms with Crippen LogP contribution in [0, 0.1) is 0 Å². The van der Waals surface area contributed by atoms with Gasteiger partial charge in [-0.25, -0.2) is 13.4 Å². The molecule has 4 rings (SSSR count). The van der Waals surface area contributed by atoms with Crippen LogP contribution < -0.4 is 9.62 Å². The lowest BCUT2D eigenvalue weighted by Gasteiger charge is -2.17. The van der Waals surface area contributed by atoms with Crippen LogP contribution >= 0.6 is 23.2 Å². The van der Waals surface area contributed by atoms with Crippen LogP contribution in [0.15, 0.2) is 30.5 Å². The van der Waals surface area contributed by atoms with Crippen molar-refractivity contribution in [2.24, 2.45) is 0 Å². The largest absolute Gasteiger partial charge is 0.322 e. The van der Waals surface area contributed by atoms with E-state index in [2.05, 4.69) is 10.3 Å². The third-order valence-electron chi connectivity index (χ3n) is 5.44. The first-order valence-electron chi connectivity index (χ1n) is 9.61. The Morgan fingerprint density at radius 2 is 1.86 bits per heavy atom. The zero-order chi connectivity index (χ0) is 20.6. The summed E-state index contributed by atoms with van der Waals surface area (Å²) in [5.41, 5.74) is 1.88. The molecule has 1 saturated heterocycles. The van der Waals surface area contributed by atoms with Gasteiger partial charge in [0.1, 0.15) is 5.82 Å². The van der Waals surface area contributed by atoms with Crippen molar-refractivity contribution in [2.45, 2.75) is 38.0 Å². The normalized spacial score (nSPS) is 18.9. The second kappa shape index (κ2) is 8.13. The highest BCUT2D eigenvalue weighted by molar-refractivity contribution is 7.93. The molecule has 1 aromatic heterocycles. The van der Waals surface area contributed by atoms with Gasteiger partial charge in [0, 0.05) is 23.5 Å². The fourth-order valence-electron chi connectivity index (χ4n) is 4.01. The number of aromatic nitrogens is 1. The Balaban J connectivity index is 1.59. The molecule has 6 nitrogen and oxygen atoms in total. The minimum absolute atomic E-state index is 0.0747. The summed E-state index contributed by atoms with van der Waals surface area (Å²) in [5.74, 6) is 0.302. The molecule has 1 N–H and O–H groups in total. The van der Waals surface area contributed by atoms with E-state index in [0.29, 0.717) is 29.6 Å². The third kappa shape index (κ3) is 4.37. The maximum Gasteiger partial charge on any atom is 0.257 e. The number of pyridine rings is 1. The highest BCUT2D eigenvalue weighted by Crippen LogP contribution is 2.36. The number of amides is 1. The van der Waals surface area contributed by atoms with Gasteiger partial charge >= 0.3 is 0 Å². The average Bonchev–Trinajstić information content (AvgIpc) is 3.31. The Labute approximate surface area is 180 Å². The first-order valence-corrected chi connectivity index (χ1v) is 12.0. The van der Waals surface area contributed by atoms with Gasteiger partial charge in [0.2, 0.25) is 10.0 Å². The Morgan fingerprint density at radius 1 is 1.10 bits per heavy atom. The van der Waals surface area contributed by atoms with Gasteiger partial charge in [0.25, 0.3) is 5.91 Å². The third-order valence-corrected chi connectivity index (χ3v) is 7.81. The summed E-state index contributed by atoms with van der Waals surface area (Å²) >= 11 is 12.5. The van der Waals surface area contributed by atoms with Gasteiger partial charge in [-0.05, 0) is 55.0 Å². The number of rotatable bonds is 4. The molecular formula is C20H21Cl2N3O3S. The van der Waals surface area contributed by atoms with Crippen LogP contribution in [0.1, 0.15) is 53.9 Å². The summed E-state index contributed by atoms with van der Waals surface area (Å²) in [5, 5.41) is 3.56. The first-order chi connectivity index (χ1) is 13.8. The van der Waals surface area contributed by atoms with Crippen molar-refractivity contribution < 1.29 is 13.2 Å². The van der Waals surface area contributed by atoms with E-state index in [4.69, 9.17) is 23.2 Å². The standard InChI is InChI=1S/C20H21Cl2N3O3S/c21-15-8-14(13-4-1-2-5-13)9-16(10-15)24-20(26)17-11-19(23-12-18(17)22)25-6-3-7-29(25,27)28/h8-13H,1-7H2,(H,24,26). The minimum atomic E-state index is -3.40. The number of carbonyl (C=O) groups is 1. The van der Waals surface area contributed by atoms with Crippen LogP contribution in [0.4, 0.5) is 11.5 Å². The molecule has 0 radical (unpaired) electrons. The average molecular weight is 454 g/mol. The number of nitrogens with zero attached hydrogens (tertiary/aromatic N) is 2. The number of halogens is 2. The molecule has 0 atom stereocenters. The predicted molar refractivity (Wildman–Crippen MR) is 116 cm³/mol. The first kappa shape index (κ1) is 20.4. The van der Waals surface area contributed by atoms with E-state index < -0.39 is 15.9 Å². The highest BCUT2D eigenvalue weighted by atomic mass is 35.5. The lowest BCUT2D eigenvalue weighted by atomic mass is 9.97. The van der Waals surface area contributed by atoms with Crippen LogP contribution in [-0.2, 0) is 10.0 Å². The molecule has 29 heavy (non-hydrogen) atoms. The van der Waals surface area contributed by atoms with Crippen LogP contribution in [-0.4, -0.2) is 31.6 Å². The molecule has 2 aliphatic rings. The monoisotopic (exact) mass is 453 g/mol. The van der Waals surface area contributed by atoms with Crippen molar-refractivity contribution in [3.05, 3.63) is 51.6 Å². The fourth-order valence-corrected chi connectivity index (χ4v) is 5.95. The SMILES string of the molecule is O=C(Nc1cc(Cl)cc(C2CCCC2)c1)c1cc(N2CCCS2(=O)=O)ncc1Cl. The second-order valence-electron chi connectivity index (χ2n) is 7.47. The number of nitrogens with one attached hydrogen (secondary N) is 1. The maximum absolute atomic E-state index is 12.9. The number of benzene rings is 1. The van der Waals surface area contributed by atoms with E-state index in [1.807, 2.05) is 12.1 Å². The number of sulfonamides is 1. The molecule has 0 spiro atoms. The lowest BCUT2D eigenvalue weighted by molar-refractivity contribution is 0.102. The topological polar surface area (TPSA) is 79.4 Å². The fraction of sp³-hybridized carbons (Fsp3) is 0.400. The van der Waals surface area contributed by atoms with E-state index in [0.717, 1.165) is 18.4 Å². The summed E-state index contributed by atoms with van der Waals surface area (Å²) in [4.78, 5) is 17.0. The van der Waals surface area contributed by atoms with Crippen molar-refractivity contribution in [3.8, 4) is 0 Å². The molecule has 1 aliphatic heterocycles. The van der Waals surface area contributed by atoms with Crippen LogP contribution in [0.3, 0.4) is 0 Å². The quantitative estimate of drug-likeness (QED) is 0.717. The van der Waals surface area contributed by atoms with Gasteiger partial charge in [-0.15, -0.1) is 0 Å². The minimum Gasteiger partial charge on any atom is -0.322 e. The van der Waals surface area contributed by atoms with E-state index in [1.54, 1.807) is 6.07 Å². The molecule has 0 bridgehead atoms. The molecule has 2 fully saturated rings. The Kier molecular flexibility index (Phi) is 5.73. The second-order valence-corrected chi connectivity index (χ2v) is 10.3. The molecule has 1 amide bonds. The van der Waals surface area contributed by atoms with E-state index in [-0.39, 0.29) is 22.2 Å². The van der Waals surface area contributed by atoms with Crippen molar-refractivity contribution in [1.82, 2.24) is 4.98 Å². The molecule has 2 aromatic rings. The number of anilines is 2. The molecule has 1 aliphatic carbocycles. The van der Waals surface area contributed by atoms with Crippen LogP contribution in [0.2, 0.25) is 10.0 Å². The van der Waals surface area contributed by atoms with Crippen LogP contribution in [0.25, 0.3) is 0 Å². The van der Waals surface area contributed by atoms with Gasteiger partial charge in [-0.3, -0.25) is 9.10 Å². The Morgan fingerprint density at radius 3 is 2.55 bits per heavy atom. The summed E-state index contributed by atoms with van der Waals surface area (Å²) < 4.78 is 25.5. The van der Waals surface area contributed by atoms with Gasteiger partial charge in [-0.1, -0.05) is 36.0 Å². The highest BCUT2D eigenvalue weighted by Gasteiger charge is 2.30. The van der Waals surface area contributed by atoms with Crippen molar-refractivity contribution in [3.63, 3.8) is 0 Å². The maximum atomic E-state index is 12.9. The van der Waals surface area contributed by atoms with Crippen molar-refractivity contribution in [1.29, 1.82) is 0 Å². The summed E-state index contributed by atoms with van der Waals surface area (Å²) in [7, 11) is -3.40. The molecular weight excluding hydrogens is 433 g/mol. The predicted octanol–water partition coefficient (Wildman–Crippen LogP) is 4.84. The molecule has 1 aromatic carbocycles. The van der Waals surface area contributed by atoms with Gasteiger partial charge in [-0.2, -0.15) is 0 Å². The van der Waals surface area contributed by atoms with Gasteiger partial charge in [0.05, 0.1) is 16.3 Å². The van der Waals surface area contributed by atoms with Gasteiger partial charge in [0.15, 0.2) is 0 Å². The smallest absolute Gasteiger partial charge is 0.257 e. The number of hydrogen-bond acceptors (Lipinski definition) is 4. The summed E-state index contributed by atoms with van der Waals surface area (Å²) in [6.07, 6.45) is 6.48. The van der Waals surface area contributed by atoms with Crippen LogP contribution in [0.5, 0.6) is 0 Å². The molecule has 0 unspecified atom stereocenters. The lowest BCUT2D eigenvalue weighted by Crippen LogP contribution is -2.26. The zero-order valence-corrected chi connectivity index (χ0v) is 18.0. The Hall–Kier alpha value is -1.83. The molecule has 2 heterocycles. The summed E-state index contributed by atoms with van der Waals surface area (Å²) in [6.45, 7) is 0.344. The zero-order valence-electron chi connectivity index (χ0n) is 15.7. The van der Waals surface area contributed by atoms with E-state index in [1.165, 1.54) is 29.4 Å². The number of carbonyl (C=O) groups excluding carboxylic acids is 1. The Bertz CT molecular complexity index is 1050.